The Balaban J connectivity index is 1.31. The molecule has 10 heteroatoms. The number of nitro benzene ring substituents is 1. The molecule has 3 aromatic rings. The van der Waals surface area contributed by atoms with E-state index in [1.54, 1.807) is 35.2 Å². The van der Waals surface area contributed by atoms with Crippen molar-refractivity contribution in [3.63, 3.8) is 0 Å². The first kappa shape index (κ1) is 21.9. The summed E-state index contributed by atoms with van der Waals surface area (Å²) in [7, 11) is -3.93. The van der Waals surface area contributed by atoms with E-state index in [2.05, 4.69) is 0 Å². The van der Waals surface area contributed by atoms with Gasteiger partial charge in [-0.1, -0.05) is 36.4 Å². The van der Waals surface area contributed by atoms with Gasteiger partial charge in [-0.2, -0.15) is 4.31 Å². The molecule has 1 aliphatic heterocycles. The molecule has 0 unspecified atom stereocenters. The number of benzene rings is 3. The van der Waals surface area contributed by atoms with Crippen LogP contribution in [-0.2, 0) is 10.0 Å². The third-order valence-corrected chi connectivity index (χ3v) is 8.06. The number of fused-ring (bicyclic) bond motifs is 3. The molecule has 3 aromatic carbocycles. The molecule has 1 heterocycles. The number of ketones is 1. The highest BCUT2D eigenvalue weighted by Gasteiger charge is 2.32. The number of hydrogen-bond donors (Lipinski definition) is 0. The summed E-state index contributed by atoms with van der Waals surface area (Å²) in [5.74, 6) is -0.396. The molecule has 1 fully saturated rings. The predicted octanol–water partition coefficient (Wildman–Crippen LogP) is 2.95. The van der Waals surface area contributed by atoms with E-state index in [1.165, 1.54) is 22.5 Å². The van der Waals surface area contributed by atoms with Gasteiger partial charge in [0.15, 0.2) is 5.78 Å². The van der Waals surface area contributed by atoms with Gasteiger partial charge in [0.05, 0.1) is 9.82 Å². The summed E-state index contributed by atoms with van der Waals surface area (Å²) in [4.78, 5) is 37.6. The lowest BCUT2D eigenvalue weighted by Gasteiger charge is -2.34. The number of hydrogen-bond acceptors (Lipinski definition) is 6. The fourth-order valence-corrected chi connectivity index (χ4v) is 5.84. The lowest BCUT2D eigenvalue weighted by atomic mass is 10.0. The van der Waals surface area contributed by atoms with Crippen LogP contribution in [0.1, 0.15) is 26.3 Å². The highest BCUT2D eigenvalue weighted by atomic mass is 32.2. The van der Waals surface area contributed by atoms with Gasteiger partial charge in [-0.05, 0) is 29.3 Å². The minimum atomic E-state index is -3.93. The number of non-ortho nitro benzene ring substituents is 1. The zero-order valence-corrected chi connectivity index (χ0v) is 18.7. The van der Waals surface area contributed by atoms with Crippen LogP contribution in [0.15, 0.2) is 71.6 Å². The summed E-state index contributed by atoms with van der Waals surface area (Å²) < 4.78 is 27.1. The molecule has 1 aliphatic carbocycles. The second-order valence-electron chi connectivity index (χ2n) is 8.09. The predicted molar refractivity (Wildman–Crippen MR) is 123 cm³/mol. The Labute approximate surface area is 195 Å². The number of amides is 1. The van der Waals surface area contributed by atoms with E-state index in [0.717, 1.165) is 17.2 Å². The van der Waals surface area contributed by atoms with Crippen LogP contribution in [0.25, 0.3) is 11.1 Å². The van der Waals surface area contributed by atoms with Gasteiger partial charge in [-0.3, -0.25) is 19.7 Å². The number of piperazine rings is 1. The van der Waals surface area contributed by atoms with Crippen molar-refractivity contribution >= 4 is 27.4 Å². The van der Waals surface area contributed by atoms with E-state index in [1.807, 2.05) is 12.1 Å². The minimum absolute atomic E-state index is 0.0616. The van der Waals surface area contributed by atoms with Crippen LogP contribution >= 0.6 is 0 Å². The number of carbonyl (C=O) groups excluding carboxylic acids is 2. The molecule has 34 heavy (non-hydrogen) atoms. The first-order chi connectivity index (χ1) is 16.3. The lowest BCUT2D eigenvalue weighted by molar-refractivity contribution is -0.385. The Hall–Kier alpha value is -3.89. The van der Waals surface area contributed by atoms with E-state index in [9.17, 15) is 28.1 Å². The van der Waals surface area contributed by atoms with E-state index in [4.69, 9.17) is 0 Å². The summed E-state index contributed by atoms with van der Waals surface area (Å²) in [5, 5.41) is 11.0. The smallest absolute Gasteiger partial charge is 0.270 e. The van der Waals surface area contributed by atoms with Gasteiger partial charge in [-0.25, -0.2) is 8.42 Å². The van der Waals surface area contributed by atoms with E-state index < -0.39 is 14.9 Å². The average molecular weight is 477 g/mol. The number of rotatable bonds is 4. The molecule has 1 saturated heterocycles. The molecule has 0 aromatic heterocycles. The Kier molecular flexibility index (Phi) is 5.26. The van der Waals surface area contributed by atoms with Gasteiger partial charge in [0.1, 0.15) is 0 Å². The molecular weight excluding hydrogens is 458 g/mol. The fraction of sp³-hybridized carbons (Fsp3) is 0.167. The van der Waals surface area contributed by atoms with Crippen molar-refractivity contribution < 1.29 is 22.9 Å². The monoisotopic (exact) mass is 477 g/mol. The van der Waals surface area contributed by atoms with Gasteiger partial charge in [0.2, 0.25) is 10.0 Å². The second-order valence-corrected chi connectivity index (χ2v) is 10.0. The number of carbonyl (C=O) groups is 2. The highest BCUT2D eigenvalue weighted by molar-refractivity contribution is 7.89. The van der Waals surface area contributed by atoms with Crippen LogP contribution < -0.4 is 0 Å². The van der Waals surface area contributed by atoms with Crippen LogP contribution in [0, 0.1) is 10.1 Å². The molecule has 0 bridgehead atoms. The van der Waals surface area contributed by atoms with Crippen molar-refractivity contribution in [1.29, 1.82) is 0 Å². The maximum absolute atomic E-state index is 13.1. The molecule has 1 amide bonds. The highest BCUT2D eigenvalue weighted by Crippen LogP contribution is 2.37. The van der Waals surface area contributed by atoms with Gasteiger partial charge in [0, 0.05) is 55.0 Å². The summed E-state index contributed by atoms with van der Waals surface area (Å²) >= 11 is 0. The van der Waals surface area contributed by atoms with Gasteiger partial charge < -0.3 is 4.90 Å². The summed E-state index contributed by atoms with van der Waals surface area (Å²) in [5.41, 5.74) is 2.81. The minimum Gasteiger partial charge on any atom is -0.336 e. The molecule has 0 N–H and O–H groups in total. The zero-order valence-electron chi connectivity index (χ0n) is 17.9. The normalized spacial score (nSPS) is 15.6. The van der Waals surface area contributed by atoms with E-state index in [-0.39, 0.29) is 48.5 Å². The zero-order chi connectivity index (χ0) is 24.0. The Morgan fingerprint density at radius 1 is 0.824 bits per heavy atom. The number of nitrogens with zero attached hydrogens (tertiary/aromatic N) is 3. The molecule has 9 nitrogen and oxygen atoms in total. The van der Waals surface area contributed by atoms with Gasteiger partial charge in [0.25, 0.3) is 11.6 Å². The largest absolute Gasteiger partial charge is 0.336 e. The molecule has 2 aliphatic rings. The molecule has 5 rings (SSSR count). The Morgan fingerprint density at radius 2 is 1.50 bits per heavy atom. The van der Waals surface area contributed by atoms with Crippen molar-refractivity contribution in [3.8, 4) is 11.1 Å². The second kappa shape index (κ2) is 8.15. The maximum Gasteiger partial charge on any atom is 0.270 e. The average Bonchev–Trinajstić information content (AvgIpc) is 3.15. The molecule has 0 radical (unpaired) electrons. The summed E-state index contributed by atoms with van der Waals surface area (Å²) in [6.45, 7) is 0.453. The third kappa shape index (κ3) is 3.57. The van der Waals surface area contributed by atoms with Crippen LogP contribution in [-0.4, -0.2) is 60.4 Å². The first-order valence-electron chi connectivity index (χ1n) is 10.6. The fourth-order valence-electron chi connectivity index (χ4n) is 4.38. The SMILES string of the molecule is O=C1c2ccccc2-c2ccc(C(=O)N3CCN(S(=O)(=O)c4cccc([N+](=O)[O-])c4)CC3)cc21. The quantitative estimate of drug-likeness (QED) is 0.329. The van der Waals surface area contributed by atoms with Crippen molar-refractivity contribution in [1.82, 2.24) is 9.21 Å². The standard InChI is InChI=1S/C24H19N3O6S/c28-23-21-7-2-1-6-19(21)20-9-8-16(14-22(20)23)24(29)25-10-12-26(13-11-25)34(32,33)18-5-3-4-17(15-18)27(30)31/h1-9,14-15H,10-13H2. The molecule has 0 saturated carbocycles. The number of nitro groups is 1. The van der Waals surface area contributed by atoms with Crippen molar-refractivity contribution in [3.05, 3.63) is 93.5 Å². The Bertz CT molecular complexity index is 1460. The van der Waals surface area contributed by atoms with Crippen molar-refractivity contribution in [2.45, 2.75) is 4.90 Å². The Morgan fingerprint density at radius 3 is 2.21 bits per heavy atom. The third-order valence-electron chi connectivity index (χ3n) is 6.17. The summed E-state index contributed by atoms with van der Waals surface area (Å²) in [6, 6.07) is 17.3. The lowest BCUT2D eigenvalue weighted by Crippen LogP contribution is -2.50. The molecular formula is C24H19N3O6S. The van der Waals surface area contributed by atoms with Crippen molar-refractivity contribution in [2.24, 2.45) is 0 Å². The topological polar surface area (TPSA) is 118 Å². The van der Waals surface area contributed by atoms with Crippen LogP contribution in [0.2, 0.25) is 0 Å². The maximum atomic E-state index is 13.1. The number of sulfonamides is 1. The van der Waals surface area contributed by atoms with Crippen LogP contribution in [0.4, 0.5) is 5.69 Å². The summed E-state index contributed by atoms with van der Waals surface area (Å²) in [6.07, 6.45) is 0. The van der Waals surface area contributed by atoms with E-state index >= 15 is 0 Å². The van der Waals surface area contributed by atoms with E-state index in [0.29, 0.717) is 16.7 Å². The molecule has 0 spiro atoms. The first-order valence-corrected chi connectivity index (χ1v) is 12.0. The molecule has 172 valence electrons. The molecule has 0 atom stereocenters. The van der Waals surface area contributed by atoms with Gasteiger partial charge in [-0.15, -0.1) is 0 Å². The van der Waals surface area contributed by atoms with Crippen LogP contribution in [0.3, 0.4) is 0 Å². The van der Waals surface area contributed by atoms with Gasteiger partial charge >= 0.3 is 0 Å². The van der Waals surface area contributed by atoms with Crippen molar-refractivity contribution in [2.75, 3.05) is 26.2 Å². The van der Waals surface area contributed by atoms with Crippen LogP contribution in [0.5, 0.6) is 0 Å².